The predicted octanol–water partition coefficient (Wildman–Crippen LogP) is -1.46. The standard InChI is InChI=1S/C14H32N4O2/c1-13(19)11-17-7-3-15-5-9-18(12-14(2)20)10-6-16-4-8-17/h13-16,19-20H,3-12H2,1-2H3/t13-,14-/m0/s1. The first-order valence-corrected chi connectivity index (χ1v) is 7.80. The van der Waals surface area contributed by atoms with Crippen molar-refractivity contribution in [1.29, 1.82) is 0 Å². The Kier molecular flexibility index (Phi) is 9.33. The van der Waals surface area contributed by atoms with Crippen molar-refractivity contribution in [1.82, 2.24) is 20.4 Å². The molecule has 0 aromatic rings. The van der Waals surface area contributed by atoms with Crippen LogP contribution in [0.25, 0.3) is 0 Å². The molecule has 1 fully saturated rings. The highest BCUT2D eigenvalue weighted by atomic mass is 16.3. The van der Waals surface area contributed by atoms with Crippen molar-refractivity contribution >= 4 is 0 Å². The van der Waals surface area contributed by atoms with Gasteiger partial charge in [0, 0.05) is 65.4 Å². The van der Waals surface area contributed by atoms with E-state index in [0.29, 0.717) is 0 Å². The SMILES string of the molecule is C[C@H](O)CN1CCNCCN(C[C@H](C)O)CCNCC1. The Balaban J connectivity index is 2.34. The number of rotatable bonds is 4. The molecule has 0 aromatic carbocycles. The highest BCUT2D eigenvalue weighted by Gasteiger charge is 2.11. The van der Waals surface area contributed by atoms with Crippen molar-refractivity contribution < 1.29 is 10.2 Å². The van der Waals surface area contributed by atoms with Gasteiger partial charge in [0.05, 0.1) is 12.2 Å². The lowest BCUT2D eigenvalue weighted by molar-refractivity contribution is 0.118. The smallest absolute Gasteiger partial charge is 0.0639 e. The molecule has 1 heterocycles. The zero-order chi connectivity index (χ0) is 14.8. The molecule has 0 unspecified atom stereocenters. The van der Waals surface area contributed by atoms with Crippen LogP contribution in [-0.4, -0.2) is 97.7 Å². The number of hydrogen-bond donors (Lipinski definition) is 4. The molecule has 1 aliphatic heterocycles. The first kappa shape index (κ1) is 17.8. The molecule has 1 saturated heterocycles. The fourth-order valence-electron chi connectivity index (χ4n) is 2.53. The molecule has 6 heteroatoms. The largest absolute Gasteiger partial charge is 0.392 e. The van der Waals surface area contributed by atoms with Crippen molar-refractivity contribution in [2.75, 3.05) is 65.4 Å². The van der Waals surface area contributed by atoms with Gasteiger partial charge in [0.2, 0.25) is 0 Å². The number of β-amino-alcohol motifs (C(OH)–C–C–N with tert-alkyl or cyclic N) is 2. The Morgan fingerprint density at radius 2 is 1.05 bits per heavy atom. The van der Waals surface area contributed by atoms with Crippen LogP contribution in [0.5, 0.6) is 0 Å². The molecule has 0 radical (unpaired) electrons. The van der Waals surface area contributed by atoms with Crippen LogP contribution < -0.4 is 10.6 Å². The maximum Gasteiger partial charge on any atom is 0.0639 e. The number of nitrogens with one attached hydrogen (secondary N) is 2. The van der Waals surface area contributed by atoms with Crippen molar-refractivity contribution in [3.63, 3.8) is 0 Å². The predicted molar refractivity (Wildman–Crippen MR) is 82.0 cm³/mol. The molecule has 2 atom stereocenters. The van der Waals surface area contributed by atoms with Crippen LogP contribution in [0.4, 0.5) is 0 Å². The van der Waals surface area contributed by atoms with Crippen LogP contribution in [0, 0.1) is 0 Å². The third kappa shape index (κ3) is 8.84. The van der Waals surface area contributed by atoms with Gasteiger partial charge in [-0.3, -0.25) is 9.80 Å². The summed E-state index contributed by atoms with van der Waals surface area (Å²) < 4.78 is 0. The summed E-state index contributed by atoms with van der Waals surface area (Å²) in [4.78, 5) is 4.58. The van der Waals surface area contributed by atoms with Crippen LogP contribution in [0.1, 0.15) is 13.8 Å². The molecule has 0 amide bonds. The molecule has 0 saturated carbocycles. The van der Waals surface area contributed by atoms with Gasteiger partial charge < -0.3 is 20.8 Å². The minimum atomic E-state index is -0.274. The molecule has 0 bridgehead atoms. The van der Waals surface area contributed by atoms with Gasteiger partial charge in [-0.2, -0.15) is 0 Å². The summed E-state index contributed by atoms with van der Waals surface area (Å²) in [6, 6.07) is 0. The average Bonchev–Trinajstić information content (AvgIpc) is 2.33. The molecule has 4 N–H and O–H groups in total. The first-order chi connectivity index (χ1) is 9.58. The molecule has 6 nitrogen and oxygen atoms in total. The minimum absolute atomic E-state index is 0.274. The van der Waals surface area contributed by atoms with E-state index in [1.165, 1.54) is 0 Å². The lowest BCUT2D eigenvalue weighted by Gasteiger charge is -2.27. The summed E-state index contributed by atoms with van der Waals surface area (Å²) in [5.74, 6) is 0. The minimum Gasteiger partial charge on any atom is -0.392 e. The number of aliphatic hydroxyl groups excluding tert-OH is 2. The van der Waals surface area contributed by atoms with Crippen molar-refractivity contribution in [3.8, 4) is 0 Å². The van der Waals surface area contributed by atoms with E-state index >= 15 is 0 Å². The van der Waals surface area contributed by atoms with Gasteiger partial charge in [-0.05, 0) is 13.8 Å². The van der Waals surface area contributed by atoms with Crippen molar-refractivity contribution in [2.24, 2.45) is 0 Å². The van der Waals surface area contributed by atoms with Gasteiger partial charge in [0.15, 0.2) is 0 Å². The van der Waals surface area contributed by atoms with Crippen LogP contribution in [-0.2, 0) is 0 Å². The van der Waals surface area contributed by atoms with Crippen LogP contribution in [0.2, 0.25) is 0 Å². The Morgan fingerprint density at radius 3 is 1.30 bits per heavy atom. The summed E-state index contributed by atoms with van der Waals surface area (Å²) in [6.45, 7) is 12.7. The Labute approximate surface area is 123 Å². The highest BCUT2D eigenvalue weighted by Crippen LogP contribution is 1.94. The lowest BCUT2D eigenvalue weighted by Crippen LogP contribution is -2.45. The summed E-state index contributed by atoms with van der Waals surface area (Å²) in [6.07, 6.45) is -0.547. The van der Waals surface area contributed by atoms with E-state index in [-0.39, 0.29) is 12.2 Å². The van der Waals surface area contributed by atoms with Gasteiger partial charge in [-0.25, -0.2) is 0 Å². The summed E-state index contributed by atoms with van der Waals surface area (Å²) in [7, 11) is 0. The second kappa shape index (κ2) is 10.5. The second-order valence-electron chi connectivity index (χ2n) is 5.80. The number of hydrogen-bond acceptors (Lipinski definition) is 6. The van der Waals surface area contributed by atoms with Crippen LogP contribution in [0.3, 0.4) is 0 Å². The second-order valence-corrected chi connectivity index (χ2v) is 5.80. The van der Waals surface area contributed by atoms with E-state index in [4.69, 9.17) is 0 Å². The molecule has 20 heavy (non-hydrogen) atoms. The van der Waals surface area contributed by atoms with E-state index in [9.17, 15) is 10.2 Å². The van der Waals surface area contributed by atoms with Gasteiger partial charge in [0.25, 0.3) is 0 Å². The van der Waals surface area contributed by atoms with Crippen molar-refractivity contribution in [3.05, 3.63) is 0 Å². The lowest BCUT2D eigenvalue weighted by atomic mass is 10.3. The maximum absolute atomic E-state index is 9.50. The van der Waals surface area contributed by atoms with E-state index in [2.05, 4.69) is 20.4 Å². The summed E-state index contributed by atoms with van der Waals surface area (Å²) >= 11 is 0. The van der Waals surface area contributed by atoms with Crippen LogP contribution in [0.15, 0.2) is 0 Å². The Bertz CT molecular complexity index is 203. The normalized spacial score (nSPS) is 24.6. The molecular formula is C14H32N4O2. The number of aliphatic hydroxyl groups is 2. The number of nitrogens with zero attached hydrogens (tertiary/aromatic N) is 2. The van der Waals surface area contributed by atoms with Gasteiger partial charge in [-0.15, -0.1) is 0 Å². The van der Waals surface area contributed by atoms with E-state index in [1.807, 2.05) is 13.8 Å². The highest BCUT2D eigenvalue weighted by molar-refractivity contribution is 4.69. The maximum atomic E-state index is 9.50. The third-order valence-electron chi connectivity index (χ3n) is 3.46. The topological polar surface area (TPSA) is 71.0 Å². The summed E-state index contributed by atoms with van der Waals surface area (Å²) in [5, 5.41) is 25.9. The van der Waals surface area contributed by atoms with E-state index < -0.39 is 0 Å². The van der Waals surface area contributed by atoms with Crippen LogP contribution >= 0.6 is 0 Å². The third-order valence-corrected chi connectivity index (χ3v) is 3.46. The zero-order valence-corrected chi connectivity index (χ0v) is 13.0. The van der Waals surface area contributed by atoms with Gasteiger partial charge >= 0.3 is 0 Å². The van der Waals surface area contributed by atoms with E-state index in [1.54, 1.807) is 0 Å². The quantitative estimate of drug-likeness (QED) is 0.507. The average molecular weight is 288 g/mol. The monoisotopic (exact) mass is 288 g/mol. The fourth-order valence-corrected chi connectivity index (χ4v) is 2.53. The summed E-state index contributed by atoms with van der Waals surface area (Å²) in [5.41, 5.74) is 0. The molecule has 0 aromatic heterocycles. The molecule has 1 rings (SSSR count). The Hall–Kier alpha value is -0.240. The van der Waals surface area contributed by atoms with Gasteiger partial charge in [-0.1, -0.05) is 0 Å². The molecule has 0 aliphatic carbocycles. The molecule has 1 aliphatic rings. The molecular weight excluding hydrogens is 256 g/mol. The molecule has 120 valence electrons. The fraction of sp³-hybridized carbons (Fsp3) is 1.00. The first-order valence-electron chi connectivity index (χ1n) is 7.80. The van der Waals surface area contributed by atoms with Gasteiger partial charge in [0.1, 0.15) is 0 Å². The molecule has 0 spiro atoms. The van der Waals surface area contributed by atoms with E-state index in [0.717, 1.165) is 65.4 Å². The Morgan fingerprint density at radius 1 is 0.750 bits per heavy atom. The zero-order valence-electron chi connectivity index (χ0n) is 13.0. The van der Waals surface area contributed by atoms with Crippen molar-refractivity contribution in [2.45, 2.75) is 26.1 Å².